The van der Waals surface area contributed by atoms with E-state index in [4.69, 9.17) is 9.47 Å². The zero-order valence-corrected chi connectivity index (χ0v) is 14.3. The normalized spacial score (nSPS) is 26.3. The number of methoxy groups -OCH3 is 1. The van der Waals surface area contributed by atoms with Crippen molar-refractivity contribution in [1.29, 1.82) is 0 Å². The van der Waals surface area contributed by atoms with Gasteiger partial charge in [0.15, 0.2) is 0 Å². The van der Waals surface area contributed by atoms with E-state index in [1.54, 1.807) is 0 Å². The Morgan fingerprint density at radius 1 is 1.33 bits per heavy atom. The predicted octanol–water partition coefficient (Wildman–Crippen LogP) is 1.81. The number of esters is 1. The first-order valence-corrected chi connectivity index (χ1v) is 8.12. The van der Waals surface area contributed by atoms with Crippen LogP contribution in [0.3, 0.4) is 0 Å². The maximum Gasteiger partial charge on any atom is 0.325 e. The summed E-state index contributed by atoms with van der Waals surface area (Å²) < 4.78 is 10.7. The molecule has 3 atom stereocenters. The van der Waals surface area contributed by atoms with Crippen molar-refractivity contribution < 1.29 is 14.3 Å². The van der Waals surface area contributed by atoms with Gasteiger partial charge in [-0.1, -0.05) is 6.92 Å². The molecule has 0 aromatic rings. The third-order valence-corrected chi connectivity index (χ3v) is 4.10. The Kier molecular flexibility index (Phi) is 7.63. The molecule has 5 nitrogen and oxygen atoms in total. The maximum atomic E-state index is 11.9. The number of likely N-dealkylation sites (N-methyl/N-ethyl adjacent to an activating group) is 1. The van der Waals surface area contributed by atoms with Crippen LogP contribution < -0.4 is 5.32 Å². The molecular weight excluding hydrogens is 268 g/mol. The highest BCUT2D eigenvalue weighted by atomic mass is 16.5. The first-order chi connectivity index (χ1) is 9.91. The number of hydrogen-bond donors (Lipinski definition) is 1. The molecule has 1 heterocycles. The van der Waals surface area contributed by atoms with Gasteiger partial charge in [0.1, 0.15) is 5.54 Å². The molecule has 5 heteroatoms. The molecule has 0 aliphatic carbocycles. The molecule has 0 aromatic carbocycles. The second-order valence-corrected chi connectivity index (χ2v) is 6.33. The summed E-state index contributed by atoms with van der Waals surface area (Å²) >= 11 is 0. The Morgan fingerprint density at radius 2 is 1.95 bits per heavy atom. The number of morpholine rings is 1. The van der Waals surface area contributed by atoms with Crippen molar-refractivity contribution in [2.75, 3.05) is 33.3 Å². The molecule has 0 bridgehead atoms. The second-order valence-electron chi connectivity index (χ2n) is 6.33. The predicted molar refractivity (Wildman–Crippen MR) is 84.4 cm³/mol. The van der Waals surface area contributed by atoms with Gasteiger partial charge in [0, 0.05) is 13.1 Å². The van der Waals surface area contributed by atoms with Gasteiger partial charge in [-0.05, 0) is 53.1 Å². The average molecular weight is 300 g/mol. The molecule has 1 rings (SSSR count). The summed E-state index contributed by atoms with van der Waals surface area (Å²) in [6.45, 7) is 12.0. The van der Waals surface area contributed by atoms with Crippen molar-refractivity contribution in [3.05, 3.63) is 0 Å². The van der Waals surface area contributed by atoms with Crippen molar-refractivity contribution in [2.45, 2.75) is 64.7 Å². The molecule has 1 N–H and O–H groups in total. The first kappa shape index (κ1) is 18.4. The van der Waals surface area contributed by atoms with Crippen LogP contribution in [0.1, 0.15) is 47.0 Å². The fourth-order valence-corrected chi connectivity index (χ4v) is 3.16. The minimum Gasteiger partial charge on any atom is -0.468 e. The van der Waals surface area contributed by atoms with E-state index in [0.717, 1.165) is 45.4 Å². The molecule has 1 aliphatic heterocycles. The number of carbonyl (C=O) groups excluding carboxylic acids is 1. The molecule has 0 amide bonds. The van der Waals surface area contributed by atoms with E-state index in [9.17, 15) is 4.79 Å². The van der Waals surface area contributed by atoms with Crippen molar-refractivity contribution in [2.24, 2.45) is 0 Å². The average Bonchev–Trinajstić information content (AvgIpc) is 2.42. The van der Waals surface area contributed by atoms with Gasteiger partial charge in [0.2, 0.25) is 0 Å². The fourth-order valence-electron chi connectivity index (χ4n) is 3.16. The molecule has 0 radical (unpaired) electrons. The van der Waals surface area contributed by atoms with E-state index in [-0.39, 0.29) is 5.97 Å². The molecular formula is C16H32N2O3. The first-order valence-electron chi connectivity index (χ1n) is 8.12. The lowest BCUT2D eigenvalue weighted by Crippen LogP contribution is -2.50. The zero-order chi connectivity index (χ0) is 15.9. The van der Waals surface area contributed by atoms with Crippen LogP contribution in [0.4, 0.5) is 0 Å². The lowest BCUT2D eigenvalue weighted by atomic mass is 9.94. The molecule has 1 fully saturated rings. The van der Waals surface area contributed by atoms with Gasteiger partial charge in [-0.15, -0.1) is 0 Å². The largest absolute Gasteiger partial charge is 0.468 e. The smallest absolute Gasteiger partial charge is 0.325 e. The second kappa shape index (κ2) is 8.71. The minimum atomic E-state index is -0.560. The zero-order valence-electron chi connectivity index (χ0n) is 14.3. The number of carbonyl (C=O) groups is 1. The third-order valence-electron chi connectivity index (χ3n) is 4.10. The van der Waals surface area contributed by atoms with Gasteiger partial charge in [-0.3, -0.25) is 9.69 Å². The van der Waals surface area contributed by atoms with E-state index in [2.05, 4.69) is 24.1 Å². The van der Waals surface area contributed by atoms with E-state index in [0.29, 0.717) is 12.2 Å². The van der Waals surface area contributed by atoms with Gasteiger partial charge >= 0.3 is 5.97 Å². The summed E-state index contributed by atoms with van der Waals surface area (Å²) in [6, 6.07) is 0. The van der Waals surface area contributed by atoms with Crippen LogP contribution in [0.2, 0.25) is 0 Å². The Balaban J connectivity index is 2.32. The maximum absolute atomic E-state index is 11.9. The third kappa shape index (κ3) is 5.93. The number of nitrogens with zero attached hydrogens (tertiary/aromatic N) is 1. The van der Waals surface area contributed by atoms with Crippen molar-refractivity contribution >= 4 is 5.97 Å². The summed E-state index contributed by atoms with van der Waals surface area (Å²) in [4.78, 5) is 14.4. The van der Waals surface area contributed by atoms with E-state index >= 15 is 0 Å². The van der Waals surface area contributed by atoms with Crippen LogP contribution in [0.5, 0.6) is 0 Å². The summed E-state index contributed by atoms with van der Waals surface area (Å²) in [6.07, 6.45) is 3.55. The standard InChI is InChI=1S/C16H32N2O3/c1-6-17-16(4,15(19)20-5)9-7-8-10-18-11-13(2)21-14(3)12-18/h13-14,17H,6-12H2,1-5H3. The monoisotopic (exact) mass is 300 g/mol. The van der Waals surface area contributed by atoms with Crippen LogP contribution in [0, 0.1) is 0 Å². The van der Waals surface area contributed by atoms with Crippen LogP contribution in [0.15, 0.2) is 0 Å². The highest BCUT2D eigenvalue weighted by molar-refractivity contribution is 5.80. The fraction of sp³-hybridized carbons (Fsp3) is 0.938. The number of ether oxygens (including phenoxy) is 2. The van der Waals surface area contributed by atoms with Crippen LogP contribution in [0.25, 0.3) is 0 Å². The van der Waals surface area contributed by atoms with Crippen molar-refractivity contribution in [1.82, 2.24) is 10.2 Å². The van der Waals surface area contributed by atoms with Gasteiger partial charge in [-0.25, -0.2) is 0 Å². The molecule has 0 aromatic heterocycles. The van der Waals surface area contributed by atoms with Crippen molar-refractivity contribution in [3.63, 3.8) is 0 Å². The van der Waals surface area contributed by atoms with E-state index in [1.165, 1.54) is 7.11 Å². The van der Waals surface area contributed by atoms with E-state index < -0.39 is 5.54 Å². The van der Waals surface area contributed by atoms with Crippen molar-refractivity contribution in [3.8, 4) is 0 Å². The molecule has 0 spiro atoms. The van der Waals surface area contributed by atoms with E-state index in [1.807, 2.05) is 13.8 Å². The molecule has 124 valence electrons. The summed E-state index contributed by atoms with van der Waals surface area (Å²) in [5.41, 5.74) is -0.560. The van der Waals surface area contributed by atoms with Crippen LogP contribution >= 0.6 is 0 Å². The van der Waals surface area contributed by atoms with Gasteiger partial charge < -0.3 is 14.8 Å². The number of rotatable bonds is 8. The summed E-state index contributed by atoms with van der Waals surface area (Å²) in [5.74, 6) is -0.169. The Morgan fingerprint density at radius 3 is 2.48 bits per heavy atom. The highest BCUT2D eigenvalue weighted by Crippen LogP contribution is 2.17. The summed E-state index contributed by atoms with van der Waals surface area (Å²) in [5, 5.41) is 3.25. The molecule has 3 unspecified atom stereocenters. The summed E-state index contributed by atoms with van der Waals surface area (Å²) in [7, 11) is 1.45. The Bertz CT molecular complexity index is 315. The number of hydrogen-bond acceptors (Lipinski definition) is 5. The minimum absolute atomic E-state index is 0.169. The Hall–Kier alpha value is -0.650. The van der Waals surface area contributed by atoms with Crippen LogP contribution in [-0.4, -0.2) is 61.9 Å². The Labute approximate surface area is 129 Å². The topological polar surface area (TPSA) is 50.8 Å². The lowest BCUT2D eigenvalue weighted by Gasteiger charge is -2.35. The number of nitrogens with one attached hydrogen (secondary N) is 1. The SMILES string of the molecule is CCNC(C)(CCCCN1CC(C)OC(C)C1)C(=O)OC. The molecule has 1 aliphatic rings. The van der Waals surface area contributed by atoms with Gasteiger partial charge in [-0.2, -0.15) is 0 Å². The quantitative estimate of drug-likeness (QED) is 0.547. The van der Waals surface area contributed by atoms with Gasteiger partial charge in [0.25, 0.3) is 0 Å². The van der Waals surface area contributed by atoms with Gasteiger partial charge in [0.05, 0.1) is 19.3 Å². The molecule has 21 heavy (non-hydrogen) atoms. The number of unbranched alkanes of at least 4 members (excludes halogenated alkanes) is 1. The highest BCUT2D eigenvalue weighted by Gasteiger charge is 2.32. The molecule has 0 saturated carbocycles. The van der Waals surface area contributed by atoms with Crippen LogP contribution in [-0.2, 0) is 14.3 Å². The lowest BCUT2D eigenvalue weighted by molar-refractivity contribution is -0.148. The molecule has 1 saturated heterocycles.